The van der Waals surface area contributed by atoms with E-state index in [-0.39, 0.29) is 5.91 Å². The maximum absolute atomic E-state index is 11.7. The maximum Gasteiger partial charge on any atom is 0.330 e. The molecule has 0 bridgehead atoms. The molecular weight excluding hydrogens is 244 g/mol. The highest BCUT2D eigenvalue weighted by molar-refractivity contribution is 5.84. The Bertz CT molecular complexity index is 443. The highest BCUT2D eigenvalue weighted by Gasteiger charge is 2.23. The van der Waals surface area contributed by atoms with Gasteiger partial charge in [0.15, 0.2) is 6.04 Å². The van der Waals surface area contributed by atoms with Gasteiger partial charge in [0, 0.05) is 19.0 Å². The molecule has 2 rings (SSSR count). The molecule has 0 radical (unpaired) electrons. The summed E-state index contributed by atoms with van der Waals surface area (Å²) in [5.74, 6) is -1.29. The van der Waals surface area contributed by atoms with E-state index in [2.05, 4.69) is 10.6 Å². The molecule has 0 aromatic heterocycles. The minimum Gasteiger partial charge on any atom is -0.479 e. The first-order chi connectivity index (χ1) is 9.16. The Morgan fingerprint density at radius 2 is 1.95 bits per heavy atom. The molecule has 1 fully saturated rings. The van der Waals surface area contributed by atoms with Gasteiger partial charge in [0.05, 0.1) is 0 Å². The van der Waals surface area contributed by atoms with Gasteiger partial charge in [-0.25, -0.2) is 4.79 Å². The molecular formula is C14H18N2O3. The fourth-order valence-corrected chi connectivity index (χ4v) is 1.84. The normalized spacial score (nSPS) is 15.8. The van der Waals surface area contributed by atoms with Crippen molar-refractivity contribution in [3.05, 3.63) is 35.9 Å². The molecule has 1 atom stereocenters. The summed E-state index contributed by atoms with van der Waals surface area (Å²) in [5.41, 5.74) is 0.582. The van der Waals surface area contributed by atoms with Crippen LogP contribution in [-0.2, 0) is 9.59 Å². The SMILES string of the molecule is O=C(CCNC1CC1)N[C@@H](C(=O)O)c1ccccc1. The summed E-state index contributed by atoms with van der Waals surface area (Å²) in [6.07, 6.45) is 2.64. The van der Waals surface area contributed by atoms with Crippen molar-refractivity contribution in [3.63, 3.8) is 0 Å². The molecule has 102 valence electrons. The van der Waals surface area contributed by atoms with Crippen LogP contribution in [0.4, 0.5) is 0 Å². The molecule has 1 aromatic carbocycles. The fourth-order valence-electron chi connectivity index (χ4n) is 1.84. The molecule has 5 nitrogen and oxygen atoms in total. The molecule has 0 unspecified atom stereocenters. The van der Waals surface area contributed by atoms with Crippen molar-refractivity contribution in [3.8, 4) is 0 Å². The Morgan fingerprint density at radius 3 is 2.53 bits per heavy atom. The van der Waals surface area contributed by atoms with Crippen LogP contribution in [0.25, 0.3) is 0 Å². The molecule has 0 saturated heterocycles. The molecule has 19 heavy (non-hydrogen) atoms. The van der Waals surface area contributed by atoms with Gasteiger partial charge in [-0.05, 0) is 18.4 Å². The van der Waals surface area contributed by atoms with Crippen molar-refractivity contribution in [2.24, 2.45) is 0 Å². The van der Waals surface area contributed by atoms with Gasteiger partial charge in [-0.15, -0.1) is 0 Å². The minimum absolute atomic E-state index is 0.246. The van der Waals surface area contributed by atoms with E-state index in [1.165, 1.54) is 12.8 Å². The van der Waals surface area contributed by atoms with Gasteiger partial charge in [-0.3, -0.25) is 4.79 Å². The zero-order chi connectivity index (χ0) is 13.7. The number of aliphatic carboxylic acids is 1. The third kappa shape index (κ3) is 4.37. The highest BCUT2D eigenvalue weighted by Crippen LogP contribution is 2.18. The summed E-state index contributed by atoms with van der Waals surface area (Å²) in [4.78, 5) is 22.9. The maximum atomic E-state index is 11.7. The predicted molar refractivity (Wildman–Crippen MR) is 70.6 cm³/mol. The van der Waals surface area contributed by atoms with E-state index in [1.807, 2.05) is 6.07 Å². The molecule has 5 heteroatoms. The van der Waals surface area contributed by atoms with Crippen molar-refractivity contribution < 1.29 is 14.7 Å². The topological polar surface area (TPSA) is 78.4 Å². The van der Waals surface area contributed by atoms with Crippen molar-refractivity contribution in [2.75, 3.05) is 6.54 Å². The summed E-state index contributed by atoms with van der Waals surface area (Å²) in [7, 11) is 0. The lowest BCUT2D eigenvalue weighted by molar-refractivity contribution is -0.142. The third-order valence-electron chi connectivity index (χ3n) is 3.05. The first-order valence-electron chi connectivity index (χ1n) is 6.47. The van der Waals surface area contributed by atoms with E-state index in [4.69, 9.17) is 5.11 Å². The largest absolute Gasteiger partial charge is 0.479 e. The van der Waals surface area contributed by atoms with Crippen LogP contribution in [0, 0.1) is 0 Å². The van der Waals surface area contributed by atoms with Crippen molar-refractivity contribution in [1.82, 2.24) is 10.6 Å². The Hall–Kier alpha value is -1.88. The first-order valence-corrected chi connectivity index (χ1v) is 6.47. The monoisotopic (exact) mass is 262 g/mol. The molecule has 1 saturated carbocycles. The lowest BCUT2D eigenvalue weighted by Gasteiger charge is -2.15. The van der Waals surface area contributed by atoms with Crippen LogP contribution in [0.15, 0.2) is 30.3 Å². The predicted octanol–water partition coefficient (Wildman–Crippen LogP) is 1.07. The van der Waals surface area contributed by atoms with Gasteiger partial charge in [-0.2, -0.15) is 0 Å². The van der Waals surface area contributed by atoms with Gasteiger partial charge in [-0.1, -0.05) is 30.3 Å². The van der Waals surface area contributed by atoms with Crippen LogP contribution in [0.3, 0.4) is 0 Å². The van der Waals surface area contributed by atoms with Crippen LogP contribution in [-0.4, -0.2) is 29.6 Å². The number of amides is 1. The summed E-state index contributed by atoms with van der Waals surface area (Å²) >= 11 is 0. The van der Waals surface area contributed by atoms with Gasteiger partial charge in [0.1, 0.15) is 0 Å². The number of benzene rings is 1. The molecule has 1 aromatic rings. The van der Waals surface area contributed by atoms with E-state index >= 15 is 0 Å². The number of hydrogen-bond donors (Lipinski definition) is 3. The van der Waals surface area contributed by atoms with Crippen LogP contribution in [0.2, 0.25) is 0 Å². The molecule has 3 N–H and O–H groups in total. The second kappa shape index (κ2) is 6.33. The number of carbonyl (C=O) groups is 2. The van der Waals surface area contributed by atoms with E-state index in [9.17, 15) is 9.59 Å². The second-order valence-electron chi connectivity index (χ2n) is 4.73. The fraction of sp³-hybridized carbons (Fsp3) is 0.429. The third-order valence-corrected chi connectivity index (χ3v) is 3.05. The average molecular weight is 262 g/mol. The van der Waals surface area contributed by atoms with Crippen molar-refractivity contribution in [2.45, 2.75) is 31.3 Å². The Kier molecular flexibility index (Phi) is 4.52. The average Bonchev–Trinajstić information content (AvgIpc) is 3.21. The Labute approximate surface area is 112 Å². The van der Waals surface area contributed by atoms with Crippen molar-refractivity contribution in [1.29, 1.82) is 0 Å². The Morgan fingerprint density at radius 1 is 1.26 bits per heavy atom. The lowest BCUT2D eigenvalue weighted by atomic mass is 10.1. The van der Waals surface area contributed by atoms with Gasteiger partial charge < -0.3 is 15.7 Å². The van der Waals surface area contributed by atoms with Crippen LogP contribution < -0.4 is 10.6 Å². The molecule has 1 aliphatic rings. The van der Waals surface area contributed by atoms with Gasteiger partial charge >= 0.3 is 5.97 Å². The molecule has 1 amide bonds. The number of carboxylic acids is 1. The highest BCUT2D eigenvalue weighted by atomic mass is 16.4. The number of carboxylic acid groups (broad SMARTS) is 1. The standard InChI is InChI=1S/C14H18N2O3/c17-12(8-9-15-11-6-7-11)16-13(14(18)19)10-4-2-1-3-5-10/h1-5,11,13,15H,6-9H2,(H,16,17)(H,18,19)/t13-/m1/s1. The number of rotatable bonds is 7. The first kappa shape index (κ1) is 13.5. The van der Waals surface area contributed by atoms with Crippen LogP contribution in [0.1, 0.15) is 30.9 Å². The number of hydrogen-bond acceptors (Lipinski definition) is 3. The van der Waals surface area contributed by atoms with E-state index in [0.717, 1.165) is 0 Å². The van der Waals surface area contributed by atoms with Gasteiger partial charge in [0.25, 0.3) is 0 Å². The van der Waals surface area contributed by atoms with E-state index in [0.29, 0.717) is 24.6 Å². The lowest BCUT2D eigenvalue weighted by Crippen LogP contribution is -2.35. The summed E-state index contributed by atoms with van der Waals surface area (Å²) in [6, 6.07) is 8.29. The number of carbonyl (C=O) groups excluding carboxylic acids is 1. The zero-order valence-electron chi connectivity index (χ0n) is 10.6. The van der Waals surface area contributed by atoms with Crippen LogP contribution >= 0.6 is 0 Å². The smallest absolute Gasteiger partial charge is 0.330 e. The van der Waals surface area contributed by atoms with Gasteiger partial charge in [0.2, 0.25) is 5.91 Å². The summed E-state index contributed by atoms with van der Waals surface area (Å²) in [6.45, 7) is 0.595. The summed E-state index contributed by atoms with van der Waals surface area (Å²) < 4.78 is 0. The quantitative estimate of drug-likeness (QED) is 0.687. The number of nitrogens with one attached hydrogen (secondary N) is 2. The molecule has 1 aliphatic carbocycles. The molecule has 0 spiro atoms. The van der Waals surface area contributed by atoms with Crippen molar-refractivity contribution >= 4 is 11.9 Å². The van der Waals surface area contributed by atoms with Crippen LogP contribution in [0.5, 0.6) is 0 Å². The van der Waals surface area contributed by atoms with E-state index < -0.39 is 12.0 Å². The second-order valence-corrected chi connectivity index (χ2v) is 4.73. The molecule has 0 heterocycles. The summed E-state index contributed by atoms with van der Waals surface area (Å²) in [5, 5.41) is 14.9. The van der Waals surface area contributed by atoms with E-state index in [1.54, 1.807) is 24.3 Å². The minimum atomic E-state index is -1.05. The Balaban J connectivity index is 1.85. The molecule has 0 aliphatic heterocycles. The zero-order valence-corrected chi connectivity index (χ0v) is 10.6.